The van der Waals surface area contributed by atoms with E-state index in [0.29, 0.717) is 25.2 Å². The van der Waals surface area contributed by atoms with Gasteiger partial charge in [-0.2, -0.15) is 0 Å². The highest BCUT2D eigenvalue weighted by Crippen LogP contribution is 2.58. The first-order chi connectivity index (χ1) is 14.2. The summed E-state index contributed by atoms with van der Waals surface area (Å²) in [5.74, 6) is 0.794. The molecule has 8 heteroatoms. The van der Waals surface area contributed by atoms with Gasteiger partial charge in [0.2, 0.25) is 5.91 Å². The Morgan fingerprint density at radius 3 is 1.90 bits per heavy atom. The zero-order valence-electron chi connectivity index (χ0n) is 20.1. The predicted molar refractivity (Wildman–Crippen MR) is 114 cm³/mol. The fourth-order valence-electron chi connectivity index (χ4n) is 6.38. The average molecular weight is 428 g/mol. The van der Waals surface area contributed by atoms with Crippen LogP contribution in [0.15, 0.2) is 0 Å². The van der Waals surface area contributed by atoms with E-state index in [9.17, 15) is 9.59 Å². The summed E-state index contributed by atoms with van der Waals surface area (Å²) in [4.78, 5) is 32.6. The van der Waals surface area contributed by atoms with E-state index in [1.807, 2.05) is 11.8 Å². The minimum Gasteiger partial charge on any atom is -0.364 e. The third kappa shape index (κ3) is 3.50. The van der Waals surface area contributed by atoms with Crippen LogP contribution in [0.4, 0.5) is 4.79 Å². The molecule has 30 heavy (non-hydrogen) atoms. The molecule has 2 heterocycles. The Kier molecular flexibility index (Phi) is 8.15. The molecule has 0 aromatic heterocycles. The third-order valence-electron chi connectivity index (χ3n) is 7.18. The van der Waals surface area contributed by atoms with Gasteiger partial charge >= 0.3 is 6.03 Å². The largest absolute Gasteiger partial charge is 0.364 e. The van der Waals surface area contributed by atoms with Crippen molar-refractivity contribution < 1.29 is 23.8 Å². The number of methoxy groups -OCH3 is 3. The van der Waals surface area contributed by atoms with Gasteiger partial charge in [-0.1, -0.05) is 34.6 Å². The quantitative estimate of drug-likeness (QED) is 0.506. The van der Waals surface area contributed by atoms with Gasteiger partial charge in [0.15, 0.2) is 0 Å². The Labute approximate surface area is 181 Å². The molecule has 3 amide bonds. The molecule has 174 valence electrons. The van der Waals surface area contributed by atoms with Crippen LogP contribution in [0.5, 0.6) is 0 Å². The van der Waals surface area contributed by atoms with Crippen molar-refractivity contribution in [3.63, 3.8) is 0 Å². The van der Waals surface area contributed by atoms with Crippen molar-refractivity contribution >= 4 is 11.9 Å². The van der Waals surface area contributed by atoms with Crippen LogP contribution in [-0.2, 0) is 19.0 Å². The number of carbonyl (C=O) groups is 2. The molecule has 0 aromatic rings. The summed E-state index contributed by atoms with van der Waals surface area (Å²) in [5, 5.41) is 0. The van der Waals surface area contributed by atoms with E-state index in [0.717, 1.165) is 6.42 Å². The fourth-order valence-corrected chi connectivity index (χ4v) is 6.38. The van der Waals surface area contributed by atoms with Crippen molar-refractivity contribution in [3.05, 3.63) is 0 Å². The van der Waals surface area contributed by atoms with Crippen molar-refractivity contribution in [2.24, 2.45) is 17.8 Å². The van der Waals surface area contributed by atoms with Gasteiger partial charge in [0.05, 0.1) is 5.54 Å². The van der Waals surface area contributed by atoms with E-state index in [1.165, 1.54) is 0 Å². The Balaban J connectivity index is 2.80. The van der Waals surface area contributed by atoms with Crippen molar-refractivity contribution in [3.8, 4) is 0 Å². The molecule has 2 aliphatic heterocycles. The number of rotatable bonds is 11. The van der Waals surface area contributed by atoms with Gasteiger partial charge in [0.1, 0.15) is 25.9 Å². The molecule has 0 spiro atoms. The van der Waals surface area contributed by atoms with Crippen molar-refractivity contribution in [1.82, 2.24) is 14.7 Å². The molecule has 4 atom stereocenters. The molecule has 0 N–H and O–H groups in total. The molecule has 0 aliphatic carbocycles. The highest BCUT2D eigenvalue weighted by molar-refractivity contribution is 5.86. The zero-order valence-corrected chi connectivity index (χ0v) is 20.1. The van der Waals surface area contributed by atoms with E-state index in [1.54, 1.807) is 31.1 Å². The van der Waals surface area contributed by atoms with Crippen LogP contribution in [0.2, 0.25) is 0 Å². The number of hydrogen-bond donors (Lipinski definition) is 0. The molecular formula is C22H41N3O5. The molecule has 0 radical (unpaired) electrons. The maximum atomic E-state index is 13.7. The van der Waals surface area contributed by atoms with Gasteiger partial charge in [-0.15, -0.1) is 0 Å². The summed E-state index contributed by atoms with van der Waals surface area (Å²) in [5.41, 5.74) is -1.47. The average Bonchev–Trinajstić information content (AvgIpc) is 2.90. The number of carbonyl (C=O) groups excluding carboxylic acids is 2. The fraction of sp³-hybridized carbons (Fsp3) is 0.909. The maximum Gasteiger partial charge on any atom is 0.326 e. The standard InChI is InChI=1S/C22H41N3O5/c1-9-21-18(17(5)11-16(3)4)12-19(26)23(13-28-6)22(21,10-2)25(15-30-8)20(27)24(21)14-29-7/h16-18H,9-15H2,1-8H3. The highest BCUT2D eigenvalue weighted by atomic mass is 16.5. The monoisotopic (exact) mass is 427 g/mol. The second-order valence-corrected chi connectivity index (χ2v) is 9.08. The Morgan fingerprint density at radius 1 is 0.900 bits per heavy atom. The molecule has 0 aromatic carbocycles. The van der Waals surface area contributed by atoms with E-state index in [4.69, 9.17) is 14.2 Å². The summed E-state index contributed by atoms with van der Waals surface area (Å²) >= 11 is 0. The Bertz CT molecular complexity index is 616. The Hall–Kier alpha value is -1.38. The summed E-state index contributed by atoms with van der Waals surface area (Å²) < 4.78 is 16.5. The lowest BCUT2D eigenvalue weighted by molar-refractivity contribution is -0.206. The molecule has 2 fully saturated rings. The molecule has 2 aliphatic rings. The van der Waals surface area contributed by atoms with Gasteiger partial charge in [-0.05, 0) is 37.0 Å². The van der Waals surface area contributed by atoms with E-state index < -0.39 is 11.2 Å². The van der Waals surface area contributed by atoms with Crippen LogP contribution >= 0.6 is 0 Å². The highest BCUT2D eigenvalue weighted by Gasteiger charge is 2.74. The first-order valence-electron chi connectivity index (χ1n) is 11.1. The number of piperidine rings is 1. The summed E-state index contributed by atoms with van der Waals surface area (Å²) in [6.07, 6.45) is 2.66. The number of amides is 3. The SMILES string of the molecule is CCC12C(C(C)CC(C)C)CC(=O)N(COC)C1(CC)N(COC)C(=O)N2COC. The van der Waals surface area contributed by atoms with Gasteiger partial charge in [-0.25, -0.2) is 4.79 Å². The van der Waals surface area contributed by atoms with Gasteiger partial charge in [0.25, 0.3) is 0 Å². The first kappa shape index (κ1) is 24.9. The molecule has 2 rings (SSSR count). The van der Waals surface area contributed by atoms with Crippen molar-refractivity contribution in [1.29, 1.82) is 0 Å². The van der Waals surface area contributed by atoms with Gasteiger partial charge in [-0.3, -0.25) is 19.5 Å². The topological polar surface area (TPSA) is 71.6 Å². The minimum absolute atomic E-state index is 0.00594. The van der Waals surface area contributed by atoms with E-state index >= 15 is 0 Å². The normalized spacial score (nSPS) is 30.4. The van der Waals surface area contributed by atoms with Crippen LogP contribution in [0.3, 0.4) is 0 Å². The predicted octanol–water partition coefficient (Wildman–Crippen LogP) is 3.32. The lowest BCUT2D eigenvalue weighted by Gasteiger charge is -2.61. The minimum atomic E-state index is -0.866. The van der Waals surface area contributed by atoms with Gasteiger partial charge < -0.3 is 14.2 Å². The van der Waals surface area contributed by atoms with E-state index in [2.05, 4.69) is 27.7 Å². The number of hydrogen-bond acceptors (Lipinski definition) is 5. The molecule has 2 saturated heterocycles. The molecule has 8 nitrogen and oxygen atoms in total. The molecule has 0 bridgehead atoms. The first-order valence-corrected chi connectivity index (χ1v) is 11.1. The number of likely N-dealkylation sites (tertiary alicyclic amines) is 1. The summed E-state index contributed by atoms with van der Waals surface area (Å²) in [6.45, 7) is 11.2. The van der Waals surface area contributed by atoms with Crippen LogP contribution in [0.1, 0.15) is 60.3 Å². The summed E-state index contributed by atoms with van der Waals surface area (Å²) in [6, 6.07) is -0.153. The van der Waals surface area contributed by atoms with Crippen LogP contribution < -0.4 is 0 Å². The van der Waals surface area contributed by atoms with E-state index in [-0.39, 0.29) is 44.0 Å². The lowest BCUT2D eigenvalue weighted by atomic mass is 9.60. The van der Waals surface area contributed by atoms with Crippen molar-refractivity contribution in [2.45, 2.75) is 71.5 Å². The second kappa shape index (κ2) is 9.83. The molecular weight excluding hydrogens is 386 g/mol. The number of fused-ring (bicyclic) bond motifs is 1. The zero-order chi connectivity index (χ0) is 22.7. The Morgan fingerprint density at radius 2 is 1.43 bits per heavy atom. The maximum absolute atomic E-state index is 13.7. The van der Waals surface area contributed by atoms with Crippen LogP contribution in [0.25, 0.3) is 0 Å². The number of urea groups is 1. The summed E-state index contributed by atoms with van der Waals surface area (Å²) in [7, 11) is 4.77. The van der Waals surface area contributed by atoms with Crippen LogP contribution in [-0.4, -0.2) is 79.4 Å². The molecule has 0 saturated carbocycles. The lowest BCUT2D eigenvalue weighted by Crippen LogP contribution is -2.77. The van der Waals surface area contributed by atoms with Gasteiger partial charge in [0, 0.05) is 27.8 Å². The third-order valence-corrected chi connectivity index (χ3v) is 7.18. The second-order valence-electron chi connectivity index (χ2n) is 9.08. The van der Waals surface area contributed by atoms with Crippen molar-refractivity contribution in [2.75, 3.05) is 41.5 Å². The molecule has 4 unspecified atom stereocenters. The number of ether oxygens (including phenoxy) is 3. The smallest absolute Gasteiger partial charge is 0.326 e. The number of nitrogens with zero attached hydrogens (tertiary/aromatic N) is 3. The van der Waals surface area contributed by atoms with Crippen LogP contribution in [0, 0.1) is 17.8 Å².